The smallest absolute Gasteiger partial charge is 0.475 e. The summed E-state index contributed by atoms with van der Waals surface area (Å²) in [6.07, 6.45) is -2.66. The lowest BCUT2D eigenvalue weighted by molar-refractivity contribution is -0.192. The van der Waals surface area contributed by atoms with Crippen molar-refractivity contribution in [2.45, 2.75) is 36.4 Å². The van der Waals surface area contributed by atoms with Gasteiger partial charge in [-0.25, -0.2) is 4.79 Å². The molecule has 0 heterocycles. The molecule has 0 aliphatic carbocycles. The number of aliphatic carboxylic acids is 1. The van der Waals surface area contributed by atoms with Gasteiger partial charge < -0.3 is 10.8 Å². The van der Waals surface area contributed by atoms with E-state index in [1.165, 1.54) is 17.7 Å². The molecule has 4 N–H and O–H groups in total. The van der Waals surface area contributed by atoms with E-state index in [0.29, 0.717) is 0 Å². The summed E-state index contributed by atoms with van der Waals surface area (Å²) in [7, 11) is -4.12. The lowest BCUT2D eigenvalue weighted by Crippen LogP contribution is -2.23. The van der Waals surface area contributed by atoms with Crippen LogP contribution in [0.5, 0.6) is 0 Å². The molecule has 0 fully saturated rings. The molecule has 0 amide bonds. The number of nitrogens with two attached hydrogens (primary N) is 1. The minimum atomic E-state index is -5.08. The molecular formula is C18H20F3NO5S. The summed E-state index contributed by atoms with van der Waals surface area (Å²) < 4.78 is 62.5. The van der Waals surface area contributed by atoms with Crippen molar-refractivity contribution in [3.05, 3.63) is 65.7 Å². The molecule has 0 aliphatic heterocycles. The van der Waals surface area contributed by atoms with E-state index in [2.05, 4.69) is 12.1 Å². The quantitative estimate of drug-likeness (QED) is 0.620. The van der Waals surface area contributed by atoms with Crippen molar-refractivity contribution >= 4 is 16.1 Å². The number of hydrogen-bond acceptors (Lipinski definition) is 4. The summed E-state index contributed by atoms with van der Waals surface area (Å²) in [6, 6.07) is 16.4. The first-order valence-corrected chi connectivity index (χ1v) is 9.49. The number of benzene rings is 2. The lowest BCUT2D eigenvalue weighted by atomic mass is 10.00. The molecule has 154 valence electrons. The highest BCUT2D eigenvalue weighted by atomic mass is 32.2. The lowest BCUT2D eigenvalue weighted by Gasteiger charge is -2.11. The van der Waals surface area contributed by atoms with Gasteiger partial charge in [-0.15, -0.1) is 0 Å². The SMILES string of the molecule is N[C@H](CCc1ccc(S(=O)(=O)O)cc1)Cc1ccccc1.O=C(O)C(F)(F)F. The maximum absolute atomic E-state index is 10.9. The Labute approximate surface area is 160 Å². The standard InChI is InChI=1S/C16H19NO3S.C2HF3O2/c17-15(12-14-4-2-1-3-5-14)9-6-13-7-10-16(11-8-13)21(18,19)20;3-2(4,5)1(6)7/h1-5,7-8,10-11,15H,6,9,12,17H2,(H,18,19,20);(H,6,7)/t15-;/m1./s1. The fourth-order valence-electron chi connectivity index (χ4n) is 2.20. The minimum absolute atomic E-state index is 0.0636. The molecule has 0 saturated heterocycles. The Hall–Kier alpha value is -2.43. The van der Waals surface area contributed by atoms with Crippen LogP contribution in [0.4, 0.5) is 13.2 Å². The first kappa shape index (κ1) is 23.6. The summed E-state index contributed by atoms with van der Waals surface area (Å²) in [5, 5.41) is 7.12. The van der Waals surface area contributed by atoms with Crippen LogP contribution in [0.3, 0.4) is 0 Å². The maximum Gasteiger partial charge on any atom is 0.490 e. The largest absolute Gasteiger partial charge is 0.490 e. The molecular weight excluding hydrogens is 399 g/mol. The monoisotopic (exact) mass is 419 g/mol. The van der Waals surface area contributed by atoms with E-state index in [4.69, 9.17) is 20.2 Å². The molecule has 2 rings (SSSR count). The molecule has 2 aromatic rings. The molecule has 0 spiro atoms. The normalized spacial score (nSPS) is 12.6. The Kier molecular flexibility index (Phi) is 8.61. The van der Waals surface area contributed by atoms with Crippen molar-refractivity contribution in [1.29, 1.82) is 0 Å². The van der Waals surface area contributed by atoms with E-state index in [-0.39, 0.29) is 10.9 Å². The van der Waals surface area contributed by atoms with Gasteiger partial charge in [0.05, 0.1) is 4.90 Å². The Balaban J connectivity index is 0.000000480. The zero-order valence-corrected chi connectivity index (χ0v) is 15.4. The summed E-state index contributed by atoms with van der Waals surface area (Å²) in [5.41, 5.74) is 8.34. The number of carboxylic acids is 1. The van der Waals surface area contributed by atoms with Gasteiger partial charge in [0.15, 0.2) is 0 Å². The second-order valence-corrected chi connectivity index (χ2v) is 7.33. The van der Waals surface area contributed by atoms with Crippen LogP contribution in [0.25, 0.3) is 0 Å². The average molecular weight is 419 g/mol. The van der Waals surface area contributed by atoms with E-state index in [9.17, 15) is 21.6 Å². The van der Waals surface area contributed by atoms with Gasteiger partial charge in [0, 0.05) is 6.04 Å². The van der Waals surface area contributed by atoms with Crippen molar-refractivity contribution in [2.24, 2.45) is 5.73 Å². The van der Waals surface area contributed by atoms with Gasteiger partial charge in [-0.05, 0) is 42.5 Å². The molecule has 0 radical (unpaired) electrons. The van der Waals surface area contributed by atoms with Gasteiger partial charge in [0.25, 0.3) is 10.1 Å². The topological polar surface area (TPSA) is 118 Å². The number of rotatable bonds is 6. The van der Waals surface area contributed by atoms with Crippen LogP contribution in [0.1, 0.15) is 17.5 Å². The molecule has 0 saturated carbocycles. The molecule has 0 bridgehead atoms. The Morgan fingerprint density at radius 3 is 1.93 bits per heavy atom. The molecule has 10 heteroatoms. The van der Waals surface area contributed by atoms with Crippen LogP contribution in [-0.2, 0) is 27.8 Å². The van der Waals surface area contributed by atoms with Crippen LogP contribution < -0.4 is 5.73 Å². The van der Waals surface area contributed by atoms with Gasteiger partial charge in [-0.2, -0.15) is 21.6 Å². The van der Waals surface area contributed by atoms with Crippen LogP contribution in [0.15, 0.2) is 59.5 Å². The third-order valence-corrected chi connectivity index (χ3v) is 4.48. The van der Waals surface area contributed by atoms with Crippen molar-refractivity contribution in [3.8, 4) is 0 Å². The summed E-state index contributed by atoms with van der Waals surface area (Å²) >= 11 is 0. The summed E-state index contributed by atoms with van der Waals surface area (Å²) in [4.78, 5) is 8.81. The van der Waals surface area contributed by atoms with Gasteiger partial charge in [0.2, 0.25) is 0 Å². The molecule has 0 aromatic heterocycles. The highest BCUT2D eigenvalue weighted by Crippen LogP contribution is 2.14. The second-order valence-electron chi connectivity index (χ2n) is 5.91. The number of halogens is 3. The molecule has 2 aromatic carbocycles. The predicted octanol–water partition coefficient (Wildman–Crippen LogP) is 3.07. The molecule has 28 heavy (non-hydrogen) atoms. The fraction of sp³-hybridized carbons (Fsp3) is 0.278. The van der Waals surface area contributed by atoms with Crippen molar-refractivity contribution in [2.75, 3.05) is 0 Å². The zero-order chi connectivity index (χ0) is 21.4. The van der Waals surface area contributed by atoms with E-state index in [1.807, 2.05) is 18.2 Å². The van der Waals surface area contributed by atoms with Crippen LogP contribution in [0.2, 0.25) is 0 Å². The van der Waals surface area contributed by atoms with Crippen LogP contribution in [-0.4, -0.2) is 36.3 Å². The number of aryl methyl sites for hydroxylation is 1. The number of carboxylic acid groups (broad SMARTS) is 1. The maximum atomic E-state index is 10.9. The zero-order valence-electron chi connectivity index (χ0n) is 14.6. The van der Waals surface area contributed by atoms with Crippen molar-refractivity contribution in [1.82, 2.24) is 0 Å². The van der Waals surface area contributed by atoms with E-state index < -0.39 is 22.3 Å². The fourth-order valence-corrected chi connectivity index (χ4v) is 2.68. The molecule has 0 unspecified atom stereocenters. The highest BCUT2D eigenvalue weighted by molar-refractivity contribution is 7.85. The minimum Gasteiger partial charge on any atom is -0.475 e. The van der Waals surface area contributed by atoms with Gasteiger partial charge >= 0.3 is 12.1 Å². The van der Waals surface area contributed by atoms with Gasteiger partial charge in [0.1, 0.15) is 0 Å². The Morgan fingerprint density at radius 1 is 1.00 bits per heavy atom. The third-order valence-electron chi connectivity index (χ3n) is 3.61. The van der Waals surface area contributed by atoms with Gasteiger partial charge in [-0.3, -0.25) is 4.55 Å². The molecule has 0 aliphatic rings. The number of alkyl halides is 3. The van der Waals surface area contributed by atoms with E-state index in [1.54, 1.807) is 12.1 Å². The summed E-state index contributed by atoms with van der Waals surface area (Å²) in [5.74, 6) is -2.76. The van der Waals surface area contributed by atoms with E-state index >= 15 is 0 Å². The average Bonchev–Trinajstić information content (AvgIpc) is 2.60. The van der Waals surface area contributed by atoms with Gasteiger partial charge in [-0.1, -0.05) is 42.5 Å². The van der Waals surface area contributed by atoms with Crippen LogP contribution in [0, 0.1) is 0 Å². The summed E-state index contributed by atoms with van der Waals surface area (Å²) in [6.45, 7) is 0. The number of carbonyl (C=O) groups is 1. The highest BCUT2D eigenvalue weighted by Gasteiger charge is 2.38. The first-order chi connectivity index (χ1) is 12.9. The predicted molar refractivity (Wildman–Crippen MR) is 96.4 cm³/mol. The van der Waals surface area contributed by atoms with Crippen LogP contribution >= 0.6 is 0 Å². The third kappa shape index (κ3) is 8.98. The van der Waals surface area contributed by atoms with Crippen molar-refractivity contribution in [3.63, 3.8) is 0 Å². The van der Waals surface area contributed by atoms with Crippen molar-refractivity contribution < 1.29 is 36.0 Å². The van der Waals surface area contributed by atoms with E-state index in [0.717, 1.165) is 24.8 Å². The number of hydrogen-bond donors (Lipinski definition) is 3. The first-order valence-electron chi connectivity index (χ1n) is 8.05. The second kappa shape index (κ2) is 10.2. The Bertz CT molecular complexity index is 853. The Morgan fingerprint density at radius 2 is 1.50 bits per heavy atom. The molecule has 1 atom stereocenters. The molecule has 6 nitrogen and oxygen atoms in total.